The van der Waals surface area contributed by atoms with E-state index in [9.17, 15) is 4.79 Å². The van der Waals surface area contributed by atoms with Crippen LogP contribution in [0.4, 0.5) is 5.13 Å². The molecule has 1 aliphatic rings. The Balaban J connectivity index is 2.07. The van der Waals surface area contributed by atoms with Crippen molar-refractivity contribution in [2.75, 3.05) is 5.32 Å². The highest BCUT2D eigenvalue weighted by Crippen LogP contribution is 2.30. The number of thiazole rings is 1. The van der Waals surface area contributed by atoms with E-state index in [4.69, 9.17) is 0 Å². The molecule has 1 heterocycles. The molecule has 1 unspecified atom stereocenters. The molecular formula is C9H11BrN2OS. The maximum atomic E-state index is 11.3. The van der Waals surface area contributed by atoms with Gasteiger partial charge in [-0.2, -0.15) is 0 Å². The third-order valence-corrected chi connectivity index (χ3v) is 3.68. The first-order valence-corrected chi connectivity index (χ1v) is 6.33. The lowest BCUT2D eigenvalue weighted by molar-refractivity contribution is -0.115. The molecule has 1 amide bonds. The van der Waals surface area contributed by atoms with E-state index in [1.54, 1.807) is 18.3 Å². The molecular weight excluding hydrogens is 264 g/mol. The molecule has 1 aliphatic carbocycles. The van der Waals surface area contributed by atoms with Gasteiger partial charge in [-0.15, -0.1) is 11.3 Å². The summed E-state index contributed by atoms with van der Waals surface area (Å²) in [5.74, 6) is -0.0302. The number of fused-ring (bicyclic) bond motifs is 1. The summed E-state index contributed by atoms with van der Waals surface area (Å²) in [6.45, 7) is 1.80. The number of halogens is 1. The highest BCUT2D eigenvalue weighted by molar-refractivity contribution is 9.10. The molecule has 0 saturated carbocycles. The minimum absolute atomic E-state index is 0.0302. The molecule has 2 rings (SSSR count). The lowest BCUT2D eigenvalue weighted by atomic mass is 10.4. The SMILES string of the molecule is CC(Br)C(=O)Nc1nc2c(s1)CCC2. The van der Waals surface area contributed by atoms with E-state index in [-0.39, 0.29) is 10.7 Å². The number of carbonyl (C=O) groups is 1. The predicted octanol–water partition coefficient (Wildman–Crippen LogP) is 2.35. The summed E-state index contributed by atoms with van der Waals surface area (Å²) in [7, 11) is 0. The second-order valence-electron chi connectivity index (χ2n) is 3.35. The van der Waals surface area contributed by atoms with Crippen LogP contribution in [0.15, 0.2) is 0 Å². The van der Waals surface area contributed by atoms with Crippen molar-refractivity contribution in [2.45, 2.75) is 31.0 Å². The number of amides is 1. The molecule has 0 spiro atoms. The molecule has 1 aromatic heterocycles. The van der Waals surface area contributed by atoms with E-state index in [1.807, 2.05) is 0 Å². The minimum Gasteiger partial charge on any atom is -0.301 e. The van der Waals surface area contributed by atoms with Crippen molar-refractivity contribution < 1.29 is 4.79 Å². The normalized spacial score (nSPS) is 16.4. The standard InChI is InChI=1S/C9H11BrN2OS/c1-5(10)8(13)12-9-11-6-3-2-4-7(6)14-9/h5H,2-4H2,1H3,(H,11,12,13). The average Bonchev–Trinajstić information content (AvgIpc) is 2.63. The third kappa shape index (κ3) is 1.98. The summed E-state index contributed by atoms with van der Waals surface area (Å²) in [5.41, 5.74) is 1.17. The van der Waals surface area contributed by atoms with Crippen LogP contribution in [-0.4, -0.2) is 15.7 Å². The molecule has 1 atom stereocenters. The number of nitrogens with one attached hydrogen (secondary N) is 1. The number of carbonyl (C=O) groups excluding carboxylic acids is 1. The highest BCUT2D eigenvalue weighted by Gasteiger charge is 2.18. The van der Waals surface area contributed by atoms with E-state index < -0.39 is 0 Å². The highest BCUT2D eigenvalue weighted by atomic mass is 79.9. The van der Waals surface area contributed by atoms with Crippen molar-refractivity contribution in [3.8, 4) is 0 Å². The molecule has 0 aromatic carbocycles. The molecule has 1 N–H and O–H groups in total. The zero-order chi connectivity index (χ0) is 10.1. The number of alkyl halides is 1. The van der Waals surface area contributed by atoms with Gasteiger partial charge in [0.05, 0.1) is 10.5 Å². The summed E-state index contributed by atoms with van der Waals surface area (Å²) in [5, 5.41) is 3.53. The van der Waals surface area contributed by atoms with Gasteiger partial charge in [-0.05, 0) is 26.2 Å². The van der Waals surface area contributed by atoms with Crippen LogP contribution in [-0.2, 0) is 17.6 Å². The first-order valence-electron chi connectivity index (χ1n) is 4.60. The Kier molecular flexibility index (Phi) is 2.88. The average molecular weight is 275 g/mol. The van der Waals surface area contributed by atoms with E-state index in [1.165, 1.54) is 17.0 Å². The maximum Gasteiger partial charge on any atom is 0.239 e. The van der Waals surface area contributed by atoms with Gasteiger partial charge in [0, 0.05) is 4.88 Å². The Morgan fingerprint density at radius 2 is 2.43 bits per heavy atom. The second kappa shape index (κ2) is 3.98. The third-order valence-electron chi connectivity index (χ3n) is 2.19. The van der Waals surface area contributed by atoms with Gasteiger partial charge in [-0.25, -0.2) is 4.98 Å². The number of nitrogens with zero attached hydrogens (tertiary/aromatic N) is 1. The van der Waals surface area contributed by atoms with Crippen LogP contribution in [0.1, 0.15) is 23.9 Å². The fourth-order valence-corrected chi connectivity index (χ4v) is 2.62. The van der Waals surface area contributed by atoms with Crippen LogP contribution in [0.2, 0.25) is 0 Å². The fourth-order valence-electron chi connectivity index (χ4n) is 1.45. The number of anilines is 1. The lowest BCUT2D eigenvalue weighted by Crippen LogP contribution is -2.19. The Bertz CT molecular complexity index is 340. The molecule has 76 valence electrons. The van der Waals surface area contributed by atoms with Crippen molar-refractivity contribution in [1.82, 2.24) is 4.98 Å². The summed E-state index contributed by atoms with van der Waals surface area (Å²) in [4.78, 5) is 16.9. The number of hydrogen-bond acceptors (Lipinski definition) is 3. The Hall–Kier alpha value is -0.420. The number of aryl methyl sites for hydroxylation is 2. The van der Waals surface area contributed by atoms with Crippen LogP contribution in [0, 0.1) is 0 Å². The van der Waals surface area contributed by atoms with Gasteiger partial charge < -0.3 is 5.32 Å². The van der Waals surface area contributed by atoms with Crippen molar-refractivity contribution in [1.29, 1.82) is 0 Å². The Morgan fingerprint density at radius 3 is 3.07 bits per heavy atom. The van der Waals surface area contributed by atoms with Gasteiger partial charge in [0.2, 0.25) is 5.91 Å². The maximum absolute atomic E-state index is 11.3. The molecule has 14 heavy (non-hydrogen) atoms. The number of hydrogen-bond donors (Lipinski definition) is 1. The fraction of sp³-hybridized carbons (Fsp3) is 0.556. The van der Waals surface area contributed by atoms with Crippen LogP contribution in [0.5, 0.6) is 0 Å². The topological polar surface area (TPSA) is 42.0 Å². The molecule has 0 aliphatic heterocycles. The quantitative estimate of drug-likeness (QED) is 0.842. The summed E-state index contributed by atoms with van der Waals surface area (Å²) >= 11 is 4.82. The molecule has 5 heteroatoms. The van der Waals surface area contributed by atoms with Crippen molar-refractivity contribution in [3.63, 3.8) is 0 Å². The van der Waals surface area contributed by atoms with Gasteiger partial charge in [0.1, 0.15) is 0 Å². The zero-order valence-electron chi connectivity index (χ0n) is 7.84. The van der Waals surface area contributed by atoms with Crippen molar-refractivity contribution >= 4 is 38.3 Å². The molecule has 1 aromatic rings. The molecule has 0 bridgehead atoms. The molecule has 0 fully saturated rings. The first kappa shape index (κ1) is 10.1. The van der Waals surface area contributed by atoms with Crippen LogP contribution < -0.4 is 5.32 Å². The predicted molar refractivity (Wildman–Crippen MR) is 61.2 cm³/mol. The van der Waals surface area contributed by atoms with Gasteiger partial charge >= 0.3 is 0 Å². The van der Waals surface area contributed by atoms with Gasteiger partial charge in [0.25, 0.3) is 0 Å². The van der Waals surface area contributed by atoms with Crippen LogP contribution in [0.25, 0.3) is 0 Å². The largest absolute Gasteiger partial charge is 0.301 e. The molecule has 0 radical (unpaired) electrons. The monoisotopic (exact) mass is 274 g/mol. The van der Waals surface area contributed by atoms with E-state index >= 15 is 0 Å². The van der Waals surface area contributed by atoms with Crippen LogP contribution in [0.3, 0.4) is 0 Å². The lowest BCUT2D eigenvalue weighted by Gasteiger charge is -2.02. The van der Waals surface area contributed by atoms with Crippen molar-refractivity contribution in [3.05, 3.63) is 10.6 Å². The van der Waals surface area contributed by atoms with Gasteiger partial charge in [-0.1, -0.05) is 15.9 Å². The Labute approximate surface area is 95.1 Å². The minimum atomic E-state index is -0.166. The number of rotatable bonds is 2. The molecule has 0 saturated heterocycles. The summed E-state index contributed by atoms with van der Waals surface area (Å²) < 4.78 is 0. The van der Waals surface area contributed by atoms with Crippen molar-refractivity contribution in [2.24, 2.45) is 0 Å². The van der Waals surface area contributed by atoms with E-state index in [0.717, 1.165) is 18.0 Å². The van der Waals surface area contributed by atoms with E-state index in [2.05, 4.69) is 26.2 Å². The zero-order valence-corrected chi connectivity index (χ0v) is 10.2. The van der Waals surface area contributed by atoms with Gasteiger partial charge in [-0.3, -0.25) is 4.79 Å². The smallest absolute Gasteiger partial charge is 0.239 e. The first-order chi connectivity index (χ1) is 6.66. The summed E-state index contributed by atoms with van der Waals surface area (Å²) in [6, 6.07) is 0. The van der Waals surface area contributed by atoms with Crippen LogP contribution >= 0.6 is 27.3 Å². The van der Waals surface area contributed by atoms with E-state index in [0.29, 0.717) is 0 Å². The van der Waals surface area contributed by atoms with Gasteiger partial charge in [0.15, 0.2) is 5.13 Å². The second-order valence-corrected chi connectivity index (χ2v) is 5.80. The molecule has 3 nitrogen and oxygen atoms in total. The Morgan fingerprint density at radius 1 is 1.64 bits per heavy atom. The summed E-state index contributed by atoms with van der Waals surface area (Å²) in [6.07, 6.45) is 3.38. The number of aromatic nitrogens is 1.